The van der Waals surface area contributed by atoms with Gasteiger partial charge in [-0.15, -0.1) is 0 Å². The molecule has 7 nitrogen and oxygen atoms in total. The van der Waals surface area contributed by atoms with Gasteiger partial charge in [0, 0.05) is 18.5 Å². The van der Waals surface area contributed by atoms with Crippen molar-refractivity contribution in [2.24, 2.45) is 0 Å². The van der Waals surface area contributed by atoms with E-state index in [0.717, 1.165) is 37.7 Å². The lowest BCUT2D eigenvalue weighted by Gasteiger charge is -2.40. The Balaban J connectivity index is 2.03. The van der Waals surface area contributed by atoms with E-state index in [-0.39, 0.29) is 23.5 Å². The Hall–Kier alpha value is -2.70. The number of carbonyl (C=O) groups is 2. The molecule has 0 saturated heterocycles. The molecule has 1 aliphatic carbocycles. The molecule has 0 spiro atoms. The highest BCUT2D eigenvalue weighted by Crippen LogP contribution is 2.44. The quantitative estimate of drug-likeness (QED) is 0.649. The molecule has 3 rings (SSSR count). The minimum atomic E-state index is -0.526. The molecule has 7 heteroatoms. The van der Waals surface area contributed by atoms with Crippen molar-refractivity contribution in [3.8, 4) is 0 Å². The third-order valence-electron chi connectivity index (χ3n) is 5.28. The minimum absolute atomic E-state index is 0.0425. The van der Waals surface area contributed by atoms with Crippen molar-refractivity contribution in [2.75, 3.05) is 18.8 Å². The fraction of sp³-hybridized carbons (Fsp3) is 0.500. The smallest absolute Gasteiger partial charge is 0.270 e. The summed E-state index contributed by atoms with van der Waals surface area (Å²) in [5.74, 6) is -0.153. The van der Waals surface area contributed by atoms with Crippen LogP contribution in [0.1, 0.15) is 62.0 Å². The summed E-state index contributed by atoms with van der Waals surface area (Å²) in [6.45, 7) is 5.16. The summed E-state index contributed by atoms with van der Waals surface area (Å²) in [6, 6.07) is 5.63. The van der Waals surface area contributed by atoms with Gasteiger partial charge in [-0.3, -0.25) is 9.59 Å². The maximum atomic E-state index is 12.7. The summed E-state index contributed by atoms with van der Waals surface area (Å²) in [6.07, 6.45) is 4.51. The zero-order chi connectivity index (χ0) is 19.4. The molecule has 0 radical (unpaired) electrons. The Labute approximate surface area is 159 Å². The highest BCUT2D eigenvalue weighted by Gasteiger charge is 2.45. The van der Waals surface area contributed by atoms with Gasteiger partial charge in [-0.05, 0) is 43.9 Å². The zero-order valence-corrected chi connectivity index (χ0v) is 16.0. The second-order valence-electron chi connectivity index (χ2n) is 7.07. The van der Waals surface area contributed by atoms with E-state index < -0.39 is 5.41 Å². The fourth-order valence-corrected chi connectivity index (χ4v) is 3.59. The van der Waals surface area contributed by atoms with E-state index in [9.17, 15) is 9.59 Å². The number of fused-ring (bicyclic) bond motifs is 1. The van der Waals surface area contributed by atoms with E-state index in [1.54, 1.807) is 0 Å². The monoisotopic (exact) mass is 369 g/mol. The van der Waals surface area contributed by atoms with Crippen LogP contribution in [0.3, 0.4) is 0 Å². The summed E-state index contributed by atoms with van der Waals surface area (Å²) >= 11 is 0. The van der Waals surface area contributed by atoms with Gasteiger partial charge in [0.05, 0.1) is 10.9 Å². The van der Waals surface area contributed by atoms with Gasteiger partial charge in [0.15, 0.2) is 0 Å². The highest BCUT2D eigenvalue weighted by molar-refractivity contribution is 6.05. The Kier molecular flexibility index (Phi) is 5.58. The van der Waals surface area contributed by atoms with Crippen molar-refractivity contribution in [1.29, 1.82) is 0 Å². The number of nitrogens with zero attached hydrogens (tertiary/aromatic N) is 2. The Bertz CT molecular complexity index is 861. The molecule has 0 atom stereocenters. The molecule has 1 fully saturated rings. The van der Waals surface area contributed by atoms with Gasteiger partial charge in [0.25, 0.3) is 5.91 Å². The predicted octanol–water partition coefficient (Wildman–Crippen LogP) is 2.30. The van der Waals surface area contributed by atoms with Crippen LogP contribution in [0.5, 0.6) is 0 Å². The second kappa shape index (κ2) is 7.90. The minimum Gasteiger partial charge on any atom is -0.368 e. The van der Waals surface area contributed by atoms with Crippen LogP contribution in [0.4, 0.5) is 5.95 Å². The Morgan fingerprint density at radius 2 is 1.96 bits per heavy atom. The van der Waals surface area contributed by atoms with Crippen LogP contribution < -0.4 is 16.4 Å². The van der Waals surface area contributed by atoms with Gasteiger partial charge in [-0.25, -0.2) is 9.97 Å². The summed E-state index contributed by atoms with van der Waals surface area (Å²) in [4.78, 5) is 33.8. The number of hydrogen-bond acceptors (Lipinski definition) is 5. The molecule has 0 unspecified atom stereocenters. The molecule has 2 aromatic rings. The summed E-state index contributed by atoms with van der Waals surface area (Å²) in [7, 11) is 0. The van der Waals surface area contributed by atoms with Gasteiger partial charge in [0.1, 0.15) is 5.69 Å². The van der Waals surface area contributed by atoms with Crippen LogP contribution in [0, 0.1) is 0 Å². The largest absolute Gasteiger partial charge is 0.368 e. The van der Waals surface area contributed by atoms with Crippen molar-refractivity contribution in [3.63, 3.8) is 0 Å². The summed E-state index contributed by atoms with van der Waals surface area (Å²) in [5, 5.41) is 6.46. The lowest BCUT2D eigenvalue weighted by atomic mass is 9.63. The number of anilines is 1. The van der Waals surface area contributed by atoms with Crippen molar-refractivity contribution >= 4 is 28.7 Å². The van der Waals surface area contributed by atoms with Crippen molar-refractivity contribution in [1.82, 2.24) is 20.6 Å². The molecule has 1 saturated carbocycles. The molecule has 1 aromatic carbocycles. The molecule has 1 aromatic heterocycles. The zero-order valence-electron chi connectivity index (χ0n) is 16.0. The molecule has 144 valence electrons. The normalized spacial score (nSPS) is 15.2. The van der Waals surface area contributed by atoms with Gasteiger partial charge in [0.2, 0.25) is 11.9 Å². The molecule has 1 aliphatic rings. The SMILES string of the molecule is CCCCNC(=O)c1nc(N)nc2ccc(C3(C(=O)NCC)CCC3)cc12. The van der Waals surface area contributed by atoms with Crippen LogP contribution in [0.15, 0.2) is 18.2 Å². The number of benzene rings is 1. The van der Waals surface area contributed by atoms with Crippen LogP contribution in [0.2, 0.25) is 0 Å². The molecule has 2 amide bonds. The number of nitrogen functional groups attached to an aromatic ring is 1. The van der Waals surface area contributed by atoms with Crippen molar-refractivity contribution in [2.45, 2.75) is 51.4 Å². The lowest BCUT2D eigenvalue weighted by Crippen LogP contribution is -2.49. The first-order chi connectivity index (χ1) is 13.0. The fourth-order valence-electron chi connectivity index (χ4n) is 3.59. The van der Waals surface area contributed by atoms with E-state index in [0.29, 0.717) is 24.0 Å². The molecular weight excluding hydrogens is 342 g/mol. The topological polar surface area (TPSA) is 110 Å². The molecule has 1 heterocycles. The molecule has 0 aliphatic heterocycles. The standard InChI is InChI=1S/C20H27N5O2/c1-3-5-11-23-17(26)16-14-12-13(7-8-15(14)24-19(21)25-16)20(9-6-10-20)18(27)22-4-2/h7-8,12H,3-6,9-11H2,1-2H3,(H,22,27)(H,23,26)(H2,21,24,25). The first-order valence-corrected chi connectivity index (χ1v) is 9.66. The third-order valence-corrected chi connectivity index (χ3v) is 5.28. The number of aromatic nitrogens is 2. The molecule has 27 heavy (non-hydrogen) atoms. The number of nitrogens with one attached hydrogen (secondary N) is 2. The van der Waals surface area contributed by atoms with Gasteiger partial charge in [-0.2, -0.15) is 0 Å². The summed E-state index contributed by atoms with van der Waals surface area (Å²) in [5.41, 5.74) is 7.05. The molecule has 0 bridgehead atoms. The Morgan fingerprint density at radius 1 is 1.19 bits per heavy atom. The van der Waals surface area contributed by atoms with Gasteiger partial charge >= 0.3 is 0 Å². The third kappa shape index (κ3) is 3.59. The van der Waals surface area contributed by atoms with E-state index >= 15 is 0 Å². The van der Waals surface area contributed by atoms with Crippen LogP contribution in [0.25, 0.3) is 10.9 Å². The molecular formula is C20H27N5O2. The van der Waals surface area contributed by atoms with E-state index in [2.05, 4.69) is 27.5 Å². The average Bonchev–Trinajstić information content (AvgIpc) is 2.60. The van der Waals surface area contributed by atoms with Gasteiger partial charge < -0.3 is 16.4 Å². The molecule has 4 N–H and O–H groups in total. The van der Waals surface area contributed by atoms with E-state index in [1.165, 1.54) is 0 Å². The van der Waals surface area contributed by atoms with Crippen LogP contribution >= 0.6 is 0 Å². The first kappa shape index (κ1) is 19.1. The number of carbonyl (C=O) groups excluding carboxylic acids is 2. The second-order valence-corrected chi connectivity index (χ2v) is 7.07. The Morgan fingerprint density at radius 3 is 2.59 bits per heavy atom. The lowest BCUT2D eigenvalue weighted by molar-refractivity contribution is -0.129. The maximum Gasteiger partial charge on any atom is 0.270 e. The number of rotatable bonds is 7. The predicted molar refractivity (Wildman–Crippen MR) is 105 cm³/mol. The first-order valence-electron chi connectivity index (χ1n) is 9.66. The van der Waals surface area contributed by atoms with Crippen molar-refractivity contribution < 1.29 is 9.59 Å². The number of likely N-dealkylation sites (N-methyl/N-ethyl adjacent to an activating group) is 1. The van der Waals surface area contributed by atoms with Crippen LogP contribution in [-0.4, -0.2) is 34.9 Å². The van der Waals surface area contributed by atoms with E-state index in [4.69, 9.17) is 5.73 Å². The number of unbranched alkanes of at least 4 members (excludes halogenated alkanes) is 1. The van der Waals surface area contributed by atoms with Gasteiger partial charge in [-0.1, -0.05) is 25.8 Å². The number of amides is 2. The maximum absolute atomic E-state index is 12.7. The highest BCUT2D eigenvalue weighted by atomic mass is 16.2. The van der Waals surface area contributed by atoms with Crippen LogP contribution in [-0.2, 0) is 10.2 Å². The average molecular weight is 369 g/mol. The van der Waals surface area contributed by atoms with Crippen molar-refractivity contribution in [3.05, 3.63) is 29.5 Å². The number of hydrogen-bond donors (Lipinski definition) is 3. The summed E-state index contributed by atoms with van der Waals surface area (Å²) < 4.78 is 0. The number of nitrogens with two attached hydrogens (primary N) is 1. The van der Waals surface area contributed by atoms with E-state index in [1.807, 2.05) is 25.1 Å².